The van der Waals surface area contributed by atoms with Crippen molar-refractivity contribution in [2.24, 2.45) is 0 Å². The maximum absolute atomic E-state index is 11.9. The van der Waals surface area contributed by atoms with Gasteiger partial charge in [0.15, 0.2) is 0 Å². The van der Waals surface area contributed by atoms with Gasteiger partial charge in [-0.3, -0.25) is 4.79 Å². The second-order valence-corrected chi connectivity index (χ2v) is 3.28. The molecular formula is C11H11ClN2O. The second kappa shape index (κ2) is 5.38. The van der Waals surface area contributed by atoms with E-state index in [-0.39, 0.29) is 5.91 Å². The molecule has 0 aliphatic rings. The Morgan fingerprint density at radius 1 is 1.73 bits per heavy atom. The molecule has 15 heavy (non-hydrogen) atoms. The number of terminal acetylenes is 1. The van der Waals surface area contributed by atoms with Crippen LogP contribution in [0.15, 0.2) is 18.3 Å². The Morgan fingerprint density at radius 3 is 3.00 bits per heavy atom. The van der Waals surface area contributed by atoms with Gasteiger partial charge in [0.1, 0.15) is 5.15 Å². The first-order chi connectivity index (χ1) is 7.19. The van der Waals surface area contributed by atoms with E-state index in [2.05, 4.69) is 10.9 Å². The fraction of sp³-hybridized carbons (Fsp3) is 0.273. The number of aromatic nitrogens is 1. The van der Waals surface area contributed by atoms with Crippen LogP contribution in [0.25, 0.3) is 0 Å². The van der Waals surface area contributed by atoms with Crippen molar-refractivity contribution in [1.82, 2.24) is 9.88 Å². The lowest BCUT2D eigenvalue weighted by Crippen LogP contribution is -2.31. The summed E-state index contributed by atoms with van der Waals surface area (Å²) >= 11 is 5.69. The van der Waals surface area contributed by atoms with Gasteiger partial charge in [-0.1, -0.05) is 17.5 Å². The first-order valence-electron chi connectivity index (χ1n) is 4.53. The molecule has 1 aromatic heterocycles. The van der Waals surface area contributed by atoms with Gasteiger partial charge >= 0.3 is 0 Å². The van der Waals surface area contributed by atoms with Gasteiger partial charge < -0.3 is 4.90 Å². The molecule has 78 valence electrons. The number of carbonyl (C=O) groups is 1. The van der Waals surface area contributed by atoms with E-state index >= 15 is 0 Å². The molecule has 0 aliphatic heterocycles. The van der Waals surface area contributed by atoms with Crippen molar-refractivity contribution in [3.8, 4) is 12.3 Å². The van der Waals surface area contributed by atoms with Crippen LogP contribution in [0.1, 0.15) is 17.3 Å². The molecular weight excluding hydrogens is 212 g/mol. The minimum absolute atomic E-state index is 0.125. The van der Waals surface area contributed by atoms with Crippen molar-refractivity contribution in [2.45, 2.75) is 6.92 Å². The lowest BCUT2D eigenvalue weighted by molar-refractivity contribution is 0.0785. The van der Waals surface area contributed by atoms with E-state index in [9.17, 15) is 4.79 Å². The summed E-state index contributed by atoms with van der Waals surface area (Å²) in [4.78, 5) is 17.2. The fourth-order valence-electron chi connectivity index (χ4n) is 1.16. The highest BCUT2D eigenvalue weighted by atomic mass is 35.5. The number of hydrogen-bond donors (Lipinski definition) is 0. The summed E-state index contributed by atoms with van der Waals surface area (Å²) in [7, 11) is 0. The zero-order valence-corrected chi connectivity index (χ0v) is 9.16. The Kier molecular flexibility index (Phi) is 4.14. The summed E-state index contributed by atoms with van der Waals surface area (Å²) in [6, 6.07) is 3.15. The van der Waals surface area contributed by atoms with Crippen LogP contribution in [0.5, 0.6) is 0 Å². The van der Waals surface area contributed by atoms with Gasteiger partial charge in [0, 0.05) is 18.3 Å². The highest BCUT2D eigenvalue weighted by Crippen LogP contribution is 2.09. The number of pyridine rings is 1. The van der Waals surface area contributed by atoms with Crippen LogP contribution in [-0.2, 0) is 0 Å². The van der Waals surface area contributed by atoms with Crippen LogP contribution < -0.4 is 0 Å². The van der Waals surface area contributed by atoms with Crippen molar-refractivity contribution in [3.05, 3.63) is 29.0 Å². The highest BCUT2D eigenvalue weighted by molar-refractivity contribution is 6.29. The molecule has 1 rings (SSSR count). The Morgan fingerprint density at radius 2 is 2.47 bits per heavy atom. The number of carbonyl (C=O) groups excluding carboxylic acids is 1. The Bertz CT molecular complexity index is 398. The Hall–Kier alpha value is -1.53. The molecule has 0 unspecified atom stereocenters. The molecule has 0 N–H and O–H groups in total. The molecule has 0 fully saturated rings. The predicted molar refractivity (Wildman–Crippen MR) is 59.7 cm³/mol. The summed E-state index contributed by atoms with van der Waals surface area (Å²) in [6.07, 6.45) is 6.67. The minimum Gasteiger partial charge on any atom is -0.328 e. The summed E-state index contributed by atoms with van der Waals surface area (Å²) in [6.45, 7) is 2.75. The Labute approximate surface area is 94.1 Å². The van der Waals surface area contributed by atoms with Crippen molar-refractivity contribution in [1.29, 1.82) is 0 Å². The smallest absolute Gasteiger partial charge is 0.254 e. The number of halogens is 1. The number of nitrogens with zero attached hydrogens (tertiary/aromatic N) is 2. The predicted octanol–water partition coefficient (Wildman–Crippen LogP) is 1.83. The van der Waals surface area contributed by atoms with Crippen LogP contribution in [-0.4, -0.2) is 28.9 Å². The largest absolute Gasteiger partial charge is 0.328 e. The monoisotopic (exact) mass is 222 g/mol. The van der Waals surface area contributed by atoms with Gasteiger partial charge in [-0.2, -0.15) is 0 Å². The third kappa shape index (κ3) is 2.97. The lowest BCUT2D eigenvalue weighted by Gasteiger charge is -2.17. The first kappa shape index (κ1) is 11.5. The van der Waals surface area contributed by atoms with E-state index in [1.54, 1.807) is 11.0 Å². The van der Waals surface area contributed by atoms with Gasteiger partial charge in [0.25, 0.3) is 5.91 Å². The zero-order chi connectivity index (χ0) is 11.3. The van der Waals surface area contributed by atoms with Crippen LogP contribution >= 0.6 is 11.6 Å². The van der Waals surface area contributed by atoms with Crippen LogP contribution in [0.4, 0.5) is 0 Å². The average Bonchev–Trinajstić information content (AvgIpc) is 2.25. The van der Waals surface area contributed by atoms with Crippen molar-refractivity contribution < 1.29 is 4.79 Å². The number of rotatable bonds is 3. The molecule has 1 aromatic rings. The number of hydrogen-bond acceptors (Lipinski definition) is 2. The van der Waals surface area contributed by atoms with E-state index in [0.29, 0.717) is 23.8 Å². The first-order valence-corrected chi connectivity index (χ1v) is 4.91. The van der Waals surface area contributed by atoms with E-state index in [4.69, 9.17) is 18.0 Å². The molecule has 0 aromatic carbocycles. The molecule has 0 saturated heterocycles. The second-order valence-electron chi connectivity index (χ2n) is 2.89. The fourth-order valence-corrected chi connectivity index (χ4v) is 1.33. The van der Waals surface area contributed by atoms with Crippen molar-refractivity contribution in [2.75, 3.05) is 13.1 Å². The normalized spacial score (nSPS) is 9.40. The van der Waals surface area contributed by atoms with E-state index in [1.807, 2.05) is 6.92 Å². The molecule has 1 heterocycles. The van der Waals surface area contributed by atoms with E-state index in [1.165, 1.54) is 12.3 Å². The summed E-state index contributed by atoms with van der Waals surface area (Å²) in [5, 5.41) is 0.303. The quantitative estimate of drug-likeness (QED) is 0.578. The standard InChI is InChI=1S/C11H11ClN2O/c1-3-7-14(4-2)11(15)9-5-6-13-10(12)8-9/h1,5-6,8H,4,7H2,2H3. The van der Waals surface area contributed by atoms with Crippen LogP contribution in [0, 0.1) is 12.3 Å². The van der Waals surface area contributed by atoms with Crippen molar-refractivity contribution in [3.63, 3.8) is 0 Å². The number of amides is 1. The topological polar surface area (TPSA) is 33.2 Å². The molecule has 0 aliphatic carbocycles. The van der Waals surface area contributed by atoms with Crippen LogP contribution in [0.3, 0.4) is 0 Å². The van der Waals surface area contributed by atoms with Crippen LogP contribution in [0.2, 0.25) is 5.15 Å². The summed E-state index contributed by atoms with van der Waals surface area (Å²) in [5.74, 6) is 2.32. The average molecular weight is 223 g/mol. The molecule has 3 nitrogen and oxygen atoms in total. The van der Waals surface area contributed by atoms with Gasteiger partial charge in [-0.25, -0.2) is 4.98 Å². The van der Waals surface area contributed by atoms with Gasteiger partial charge in [-0.05, 0) is 19.1 Å². The summed E-state index contributed by atoms with van der Waals surface area (Å²) < 4.78 is 0. The molecule has 0 bridgehead atoms. The highest BCUT2D eigenvalue weighted by Gasteiger charge is 2.13. The molecule has 0 saturated carbocycles. The SMILES string of the molecule is C#CCN(CC)C(=O)c1ccnc(Cl)c1. The van der Waals surface area contributed by atoms with Gasteiger partial charge in [-0.15, -0.1) is 6.42 Å². The Balaban J connectivity index is 2.88. The van der Waals surface area contributed by atoms with E-state index < -0.39 is 0 Å². The molecule has 0 spiro atoms. The van der Waals surface area contributed by atoms with Crippen molar-refractivity contribution >= 4 is 17.5 Å². The molecule has 0 radical (unpaired) electrons. The molecule has 1 amide bonds. The molecule has 0 atom stereocenters. The van der Waals surface area contributed by atoms with Gasteiger partial charge in [0.2, 0.25) is 0 Å². The maximum atomic E-state index is 11.9. The third-order valence-electron chi connectivity index (χ3n) is 1.92. The zero-order valence-electron chi connectivity index (χ0n) is 8.40. The van der Waals surface area contributed by atoms with E-state index in [0.717, 1.165) is 0 Å². The maximum Gasteiger partial charge on any atom is 0.254 e. The molecule has 4 heteroatoms. The lowest BCUT2D eigenvalue weighted by atomic mass is 10.2. The van der Waals surface area contributed by atoms with Gasteiger partial charge in [0.05, 0.1) is 6.54 Å². The minimum atomic E-state index is -0.125. The third-order valence-corrected chi connectivity index (χ3v) is 2.13. The summed E-state index contributed by atoms with van der Waals surface area (Å²) in [5.41, 5.74) is 0.507.